The molecule has 0 radical (unpaired) electrons. The molecule has 0 aliphatic heterocycles. The molecule has 3 N–H and O–H groups in total. The third-order valence-corrected chi connectivity index (χ3v) is 2.35. The van der Waals surface area contributed by atoms with Crippen LogP contribution in [-0.4, -0.2) is 35.0 Å². The molecule has 88 valence electrons. The summed E-state index contributed by atoms with van der Waals surface area (Å²) in [5, 5.41) is 9.32. The summed E-state index contributed by atoms with van der Waals surface area (Å²) >= 11 is 0. The Labute approximate surface area is 95.7 Å². The highest BCUT2D eigenvalue weighted by Gasteiger charge is 2.17. The summed E-state index contributed by atoms with van der Waals surface area (Å²) in [6, 6.07) is 6.45. The Hall–Kier alpha value is -1.55. The van der Waals surface area contributed by atoms with Crippen LogP contribution in [0.1, 0.15) is 24.2 Å². The summed E-state index contributed by atoms with van der Waals surface area (Å²) in [5.41, 5.74) is 5.96. The van der Waals surface area contributed by atoms with Gasteiger partial charge in [-0.1, -0.05) is 6.07 Å². The molecule has 1 amide bonds. The topological polar surface area (TPSA) is 66.6 Å². The minimum atomic E-state index is -0.101. The Kier molecular flexibility index (Phi) is 4.31. The van der Waals surface area contributed by atoms with Gasteiger partial charge in [-0.15, -0.1) is 0 Å². The molecular weight excluding hydrogens is 204 g/mol. The summed E-state index contributed by atoms with van der Waals surface area (Å²) in [6.07, 6.45) is 0. The van der Waals surface area contributed by atoms with Crippen molar-refractivity contribution in [2.75, 3.05) is 13.1 Å². The number of aromatic hydroxyl groups is 1. The maximum absolute atomic E-state index is 12.1. The first kappa shape index (κ1) is 12.5. The zero-order valence-electron chi connectivity index (χ0n) is 9.68. The fraction of sp³-hybridized carbons (Fsp3) is 0.417. The third-order valence-electron chi connectivity index (χ3n) is 2.35. The van der Waals surface area contributed by atoms with Gasteiger partial charge in [-0.05, 0) is 32.0 Å². The summed E-state index contributed by atoms with van der Waals surface area (Å²) in [4.78, 5) is 13.8. The zero-order chi connectivity index (χ0) is 12.1. The fourth-order valence-corrected chi connectivity index (χ4v) is 1.54. The Morgan fingerprint density at radius 2 is 2.19 bits per heavy atom. The predicted molar refractivity (Wildman–Crippen MR) is 63.3 cm³/mol. The largest absolute Gasteiger partial charge is 0.508 e. The molecule has 16 heavy (non-hydrogen) atoms. The second-order valence-electron chi connectivity index (χ2n) is 3.93. The molecule has 0 aliphatic rings. The van der Waals surface area contributed by atoms with E-state index in [0.717, 1.165) is 0 Å². The molecule has 0 saturated carbocycles. The maximum Gasteiger partial charge on any atom is 0.254 e. The zero-order valence-corrected chi connectivity index (χ0v) is 9.68. The van der Waals surface area contributed by atoms with Gasteiger partial charge in [0.05, 0.1) is 0 Å². The van der Waals surface area contributed by atoms with Crippen molar-refractivity contribution in [3.63, 3.8) is 0 Å². The van der Waals surface area contributed by atoms with Crippen LogP contribution in [0.4, 0.5) is 0 Å². The van der Waals surface area contributed by atoms with Gasteiger partial charge in [0.25, 0.3) is 5.91 Å². The van der Waals surface area contributed by atoms with Gasteiger partial charge in [-0.3, -0.25) is 4.79 Å². The van der Waals surface area contributed by atoms with Gasteiger partial charge < -0.3 is 15.7 Å². The highest BCUT2D eigenvalue weighted by molar-refractivity contribution is 5.94. The van der Waals surface area contributed by atoms with Crippen molar-refractivity contribution in [1.29, 1.82) is 0 Å². The van der Waals surface area contributed by atoms with Crippen LogP contribution in [0.3, 0.4) is 0 Å². The Morgan fingerprint density at radius 1 is 1.50 bits per heavy atom. The monoisotopic (exact) mass is 222 g/mol. The van der Waals surface area contributed by atoms with Crippen molar-refractivity contribution < 1.29 is 9.90 Å². The summed E-state index contributed by atoms with van der Waals surface area (Å²) in [5.74, 6) is -0.00125. The second-order valence-corrected chi connectivity index (χ2v) is 3.93. The van der Waals surface area contributed by atoms with Crippen LogP contribution in [-0.2, 0) is 0 Å². The van der Waals surface area contributed by atoms with Crippen molar-refractivity contribution in [2.24, 2.45) is 5.73 Å². The summed E-state index contributed by atoms with van der Waals surface area (Å²) < 4.78 is 0. The van der Waals surface area contributed by atoms with Gasteiger partial charge in [0, 0.05) is 24.7 Å². The summed E-state index contributed by atoms with van der Waals surface area (Å²) in [6.45, 7) is 4.83. The van der Waals surface area contributed by atoms with E-state index < -0.39 is 0 Å². The number of nitrogens with two attached hydrogens (primary N) is 1. The van der Waals surface area contributed by atoms with E-state index in [1.807, 2.05) is 13.8 Å². The first-order valence-electron chi connectivity index (χ1n) is 5.36. The minimum Gasteiger partial charge on any atom is -0.508 e. The minimum absolute atomic E-state index is 0.0957. The standard InChI is InChI=1S/C12H18N2O2/c1-9(2)14(7-6-13)12(16)10-4-3-5-11(15)8-10/h3-5,8-9,15H,6-7,13H2,1-2H3. The van der Waals surface area contributed by atoms with E-state index in [9.17, 15) is 9.90 Å². The lowest BCUT2D eigenvalue weighted by Crippen LogP contribution is -2.40. The first-order chi connectivity index (χ1) is 7.56. The van der Waals surface area contributed by atoms with Crippen LogP contribution in [0.15, 0.2) is 24.3 Å². The fourth-order valence-electron chi connectivity index (χ4n) is 1.54. The number of rotatable bonds is 4. The molecule has 1 rings (SSSR count). The molecule has 0 heterocycles. The van der Waals surface area contributed by atoms with Crippen LogP contribution in [0, 0.1) is 0 Å². The van der Waals surface area contributed by atoms with Crippen molar-refractivity contribution in [2.45, 2.75) is 19.9 Å². The van der Waals surface area contributed by atoms with E-state index in [-0.39, 0.29) is 17.7 Å². The lowest BCUT2D eigenvalue weighted by atomic mass is 10.1. The number of hydrogen-bond acceptors (Lipinski definition) is 3. The van der Waals surface area contributed by atoms with Crippen LogP contribution < -0.4 is 5.73 Å². The lowest BCUT2D eigenvalue weighted by Gasteiger charge is -2.26. The molecule has 0 spiro atoms. The summed E-state index contributed by atoms with van der Waals surface area (Å²) in [7, 11) is 0. The highest BCUT2D eigenvalue weighted by Crippen LogP contribution is 2.14. The molecule has 4 nitrogen and oxygen atoms in total. The number of phenolic OH excluding ortho intramolecular Hbond substituents is 1. The smallest absolute Gasteiger partial charge is 0.254 e. The molecule has 0 saturated heterocycles. The van der Waals surface area contributed by atoms with Gasteiger partial charge in [-0.25, -0.2) is 0 Å². The molecule has 0 aromatic heterocycles. The number of nitrogens with zero attached hydrogens (tertiary/aromatic N) is 1. The van der Waals surface area contributed by atoms with Crippen LogP contribution in [0.2, 0.25) is 0 Å². The molecule has 1 aromatic rings. The molecule has 1 aromatic carbocycles. The number of carbonyl (C=O) groups is 1. The molecular formula is C12H18N2O2. The lowest BCUT2D eigenvalue weighted by molar-refractivity contribution is 0.0711. The predicted octanol–water partition coefficient (Wildman–Crippen LogP) is 1.20. The van der Waals surface area contributed by atoms with Crippen molar-refractivity contribution >= 4 is 5.91 Å². The quantitative estimate of drug-likeness (QED) is 0.804. The van der Waals surface area contributed by atoms with Gasteiger partial charge >= 0.3 is 0 Å². The molecule has 0 atom stereocenters. The maximum atomic E-state index is 12.1. The number of benzene rings is 1. The Balaban J connectivity index is 2.90. The normalized spacial score (nSPS) is 10.5. The average Bonchev–Trinajstić information content (AvgIpc) is 2.24. The first-order valence-corrected chi connectivity index (χ1v) is 5.36. The molecule has 0 bridgehead atoms. The molecule has 0 aliphatic carbocycles. The van der Waals surface area contributed by atoms with E-state index in [0.29, 0.717) is 18.7 Å². The Bertz CT molecular complexity index is 364. The van der Waals surface area contributed by atoms with Gasteiger partial charge in [-0.2, -0.15) is 0 Å². The number of carbonyl (C=O) groups excluding carboxylic acids is 1. The highest BCUT2D eigenvalue weighted by atomic mass is 16.3. The van der Waals surface area contributed by atoms with Crippen LogP contribution in [0.5, 0.6) is 5.75 Å². The van der Waals surface area contributed by atoms with Gasteiger partial charge in [0.2, 0.25) is 0 Å². The van der Waals surface area contributed by atoms with Gasteiger partial charge in [0.15, 0.2) is 0 Å². The van der Waals surface area contributed by atoms with Crippen molar-refractivity contribution in [1.82, 2.24) is 4.90 Å². The van der Waals surface area contributed by atoms with Crippen LogP contribution in [0.25, 0.3) is 0 Å². The molecule has 0 unspecified atom stereocenters. The molecule has 4 heteroatoms. The van der Waals surface area contributed by atoms with E-state index in [1.165, 1.54) is 6.07 Å². The average molecular weight is 222 g/mol. The van der Waals surface area contributed by atoms with E-state index in [2.05, 4.69) is 0 Å². The van der Waals surface area contributed by atoms with E-state index in [1.54, 1.807) is 23.1 Å². The van der Waals surface area contributed by atoms with Crippen molar-refractivity contribution in [3.8, 4) is 5.75 Å². The van der Waals surface area contributed by atoms with Gasteiger partial charge in [0.1, 0.15) is 5.75 Å². The molecule has 0 fully saturated rings. The number of amides is 1. The van der Waals surface area contributed by atoms with E-state index >= 15 is 0 Å². The third kappa shape index (κ3) is 2.97. The Morgan fingerprint density at radius 3 is 2.69 bits per heavy atom. The number of hydrogen-bond donors (Lipinski definition) is 2. The van der Waals surface area contributed by atoms with E-state index in [4.69, 9.17) is 5.73 Å². The van der Waals surface area contributed by atoms with Crippen molar-refractivity contribution in [3.05, 3.63) is 29.8 Å². The second kappa shape index (κ2) is 5.51. The van der Waals surface area contributed by atoms with Crippen LogP contribution >= 0.6 is 0 Å². The number of phenols is 1. The SMILES string of the molecule is CC(C)N(CCN)C(=O)c1cccc(O)c1.